The molecule has 1 saturated heterocycles. The summed E-state index contributed by atoms with van der Waals surface area (Å²) in [4.78, 5) is 14.8. The number of anilines is 1. The minimum Gasteiger partial charge on any atom is -0.337 e. The molecule has 0 N–H and O–H groups in total. The largest absolute Gasteiger partial charge is 0.337 e. The normalized spacial score (nSPS) is 19.9. The van der Waals surface area contributed by atoms with Crippen LogP contribution >= 0.6 is 0 Å². The molecule has 0 bridgehead atoms. The van der Waals surface area contributed by atoms with Gasteiger partial charge >= 0.3 is 0 Å². The molecule has 1 aromatic rings. The number of hydrazone groups is 1. The van der Waals surface area contributed by atoms with E-state index in [1.54, 1.807) is 22.0 Å². The number of fused-ring (bicyclic) bond motifs is 1. The zero-order valence-corrected chi connectivity index (χ0v) is 16.6. The molecular formula is C19H27N3O3S. The van der Waals surface area contributed by atoms with E-state index in [1.165, 1.54) is 0 Å². The van der Waals surface area contributed by atoms with E-state index in [0.29, 0.717) is 31.2 Å². The number of rotatable bonds is 4. The highest BCUT2D eigenvalue weighted by Crippen LogP contribution is 2.33. The van der Waals surface area contributed by atoms with Gasteiger partial charge in [0.05, 0.1) is 10.6 Å². The summed E-state index contributed by atoms with van der Waals surface area (Å²) in [5.74, 6) is 0.0957. The number of carbonyl (C=O) groups excluding carboxylic acids is 1. The zero-order chi connectivity index (χ0) is 18.9. The number of hydrogen-bond donors (Lipinski definition) is 0. The van der Waals surface area contributed by atoms with Crippen LogP contribution in [-0.4, -0.2) is 43.9 Å². The molecule has 0 radical (unpaired) electrons. The zero-order valence-electron chi connectivity index (χ0n) is 15.7. The van der Waals surface area contributed by atoms with Crippen LogP contribution in [0.25, 0.3) is 0 Å². The van der Waals surface area contributed by atoms with Crippen molar-refractivity contribution in [2.45, 2.75) is 51.3 Å². The van der Waals surface area contributed by atoms with E-state index in [-0.39, 0.29) is 9.94 Å². The van der Waals surface area contributed by atoms with Crippen molar-refractivity contribution in [1.82, 2.24) is 4.90 Å². The number of aryl methyl sites for hydroxylation is 1. The number of carbonyl (C=O) groups is 1. The third-order valence-corrected chi connectivity index (χ3v) is 6.81. The first-order valence-electron chi connectivity index (χ1n) is 9.35. The number of piperidine rings is 1. The van der Waals surface area contributed by atoms with Crippen molar-refractivity contribution < 1.29 is 13.2 Å². The molecule has 1 fully saturated rings. The van der Waals surface area contributed by atoms with Gasteiger partial charge < -0.3 is 4.90 Å². The second-order valence-electron chi connectivity index (χ2n) is 7.33. The maximum atomic E-state index is 13.1. The average Bonchev–Trinajstić information content (AvgIpc) is 2.61. The van der Waals surface area contributed by atoms with Crippen LogP contribution < -0.4 is 5.01 Å². The van der Waals surface area contributed by atoms with Gasteiger partial charge in [-0.3, -0.25) is 9.80 Å². The standard InChI is InChI=1S/C19H27N3O3S/c1-4-5-10-22-16-13-15(3)6-7-17(16)26(24,25)18(20-22)19(23)21-11-8-14(2)9-12-21/h6-7,13-14H,4-5,8-12H2,1-3H3. The van der Waals surface area contributed by atoms with E-state index < -0.39 is 15.7 Å². The summed E-state index contributed by atoms with van der Waals surface area (Å²) in [6.45, 7) is 7.92. The monoisotopic (exact) mass is 377 g/mol. The van der Waals surface area contributed by atoms with Crippen LogP contribution in [0.5, 0.6) is 0 Å². The number of likely N-dealkylation sites (tertiary alicyclic amines) is 1. The molecule has 2 aliphatic heterocycles. The highest BCUT2D eigenvalue weighted by Gasteiger charge is 2.39. The number of nitrogens with zero attached hydrogens (tertiary/aromatic N) is 3. The SMILES string of the molecule is CCCCN1N=C(C(=O)N2CCC(C)CC2)S(=O)(=O)c2ccc(C)cc21. The van der Waals surface area contributed by atoms with E-state index in [9.17, 15) is 13.2 Å². The van der Waals surface area contributed by atoms with Gasteiger partial charge in [-0.1, -0.05) is 26.3 Å². The number of sulfone groups is 1. The van der Waals surface area contributed by atoms with Crippen LogP contribution in [0.4, 0.5) is 5.69 Å². The molecule has 0 spiro atoms. The lowest BCUT2D eigenvalue weighted by molar-refractivity contribution is -0.125. The molecule has 0 aromatic heterocycles. The number of amides is 1. The summed E-state index contributed by atoms with van der Waals surface area (Å²) in [6, 6.07) is 5.19. The van der Waals surface area contributed by atoms with E-state index >= 15 is 0 Å². The van der Waals surface area contributed by atoms with Crippen molar-refractivity contribution in [3.05, 3.63) is 23.8 Å². The van der Waals surface area contributed by atoms with Crippen LogP contribution in [0, 0.1) is 12.8 Å². The van der Waals surface area contributed by atoms with Gasteiger partial charge in [0.1, 0.15) is 0 Å². The Morgan fingerprint density at radius 1 is 1.27 bits per heavy atom. The Kier molecular flexibility index (Phi) is 5.37. The summed E-state index contributed by atoms with van der Waals surface area (Å²) in [6.07, 6.45) is 3.63. The van der Waals surface area contributed by atoms with Gasteiger partial charge in [0.2, 0.25) is 14.9 Å². The van der Waals surface area contributed by atoms with Crippen molar-refractivity contribution in [2.24, 2.45) is 11.0 Å². The van der Waals surface area contributed by atoms with Crippen LogP contribution in [0.2, 0.25) is 0 Å². The first-order valence-corrected chi connectivity index (χ1v) is 10.8. The topological polar surface area (TPSA) is 70.1 Å². The first-order chi connectivity index (χ1) is 12.3. The summed E-state index contributed by atoms with van der Waals surface area (Å²) in [7, 11) is -3.90. The fraction of sp³-hybridized carbons (Fsp3) is 0.579. The fourth-order valence-electron chi connectivity index (χ4n) is 3.36. The van der Waals surface area contributed by atoms with E-state index in [1.807, 2.05) is 13.0 Å². The Morgan fingerprint density at radius 2 is 1.96 bits per heavy atom. The minimum atomic E-state index is -3.90. The van der Waals surface area contributed by atoms with Gasteiger partial charge in [-0.25, -0.2) is 8.42 Å². The lowest BCUT2D eigenvalue weighted by Gasteiger charge is -2.33. The molecular weight excluding hydrogens is 350 g/mol. The predicted octanol–water partition coefficient (Wildman–Crippen LogP) is 2.96. The molecule has 2 heterocycles. The van der Waals surface area contributed by atoms with Gasteiger partial charge in [-0.15, -0.1) is 0 Å². The maximum absolute atomic E-state index is 13.1. The third kappa shape index (κ3) is 3.49. The number of benzene rings is 1. The Labute approximate surface area is 155 Å². The van der Waals surface area contributed by atoms with Gasteiger partial charge in [-0.2, -0.15) is 5.10 Å². The molecule has 0 unspecified atom stereocenters. The van der Waals surface area contributed by atoms with E-state index in [4.69, 9.17) is 0 Å². The quantitative estimate of drug-likeness (QED) is 0.809. The van der Waals surface area contributed by atoms with Gasteiger partial charge in [-0.05, 0) is 49.8 Å². The Hall–Kier alpha value is -1.89. The molecule has 0 saturated carbocycles. The first kappa shape index (κ1) is 18.9. The minimum absolute atomic E-state index is 0.183. The molecule has 7 heteroatoms. The molecule has 0 aliphatic carbocycles. The second-order valence-corrected chi connectivity index (χ2v) is 9.16. The van der Waals surface area contributed by atoms with Gasteiger partial charge in [0.15, 0.2) is 0 Å². The highest BCUT2D eigenvalue weighted by atomic mass is 32.2. The maximum Gasteiger partial charge on any atom is 0.286 e. The van der Waals surface area contributed by atoms with Gasteiger partial charge in [0, 0.05) is 19.6 Å². The van der Waals surface area contributed by atoms with Crippen LogP contribution in [0.15, 0.2) is 28.2 Å². The van der Waals surface area contributed by atoms with Crippen molar-refractivity contribution in [3.8, 4) is 0 Å². The van der Waals surface area contributed by atoms with Crippen molar-refractivity contribution in [2.75, 3.05) is 24.6 Å². The van der Waals surface area contributed by atoms with E-state index in [2.05, 4.69) is 18.9 Å². The molecule has 1 aromatic carbocycles. The highest BCUT2D eigenvalue weighted by molar-refractivity contribution is 8.08. The van der Waals surface area contributed by atoms with Crippen LogP contribution in [-0.2, 0) is 14.6 Å². The number of hydrogen-bond acceptors (Lipinski definition) is 5. The van der Waals surface area contributed by atoms with Crippen molar-refractivity contribution >= 4 is 26.5 Å². The summed E-state index contributed by atoms with van der Waals surface area (Å²) in [5.41, 5.74) is 1.54. The molecule has 142 valence electrons. The molecule has 26 heavy (non-hydrogen) atoms. The third-order valence-electron chi connectivity index (χ3n) is 5.13. The van der Waals surface area contributed by atoms with Crippen LogP contribution in [0.3, 0.4) is 0 Å². The molecule has 0 atom stereocenters. The molecule has 2 aliphatic rings. The van der Waals surface area contributed by atoms with E-state index in [0.717, 1.165) is 31.2 Å². The van der Waals surface area contributed by atoms with Crippen molar-refractivity contribution in [3.63, 3.8) is 0 Å². The summed E-state index contributed by atoms with van der Waals surface area (Å²) >= 11 is 0. The molecule has 3 rings (SSSR count). The summed E-state index contributed by atoms with van der Waals surface area (Å²) in [5, 5.41) is 5.67. The Bertz CT molecular complexity index is 824. The average molecular weight is 378 g/mol. The smallest absolute Gasteiger partial charge is 0.286 e. The second kappa shape index (κ2) is 7.39. The fourth-order valence-corrected chi connectivity index (χ4v) is 4.82. The number of unbranched alkanes of at least 4 members (excludes halogenated alkanes) is 1. The molecule has 1 amide bonds. The molecule has 6 nitrogen and oxygen atoms in total. The predicted molar refractivity (Wildman–Crippen MR) is 103 cm³/mol. The Morgan fingerprint density at radius 3 is 2.62 bits per heavy atom. The lowest BCUT2D eigenvalue weighted by atomic mass is 9.99. The van der Waals surface area contributed by atoms with Crippen LogP contribution in [0.1, 0.15) is 45.1 Å². The van der Waals surface area contributed by atoms with Gasteiger partial charge in [0.25, 0.3) is 5.91 Å². The Balaban J connectivity index is 2.00. The lowest BCUT2D eigenvalue weighted by Crippen LogP contribution is -2.46. The van der Waals surface area contributed by atoms with Crippen molar-refractivity contribution in [1.29, 1.82) is 0 Å². The summed E-state index contributed by atoms with van der Waals surface area (Å²) < 4.78 is 26.2.